The lowest BCUT2D eigenvalue weighted by Crippen LogP contribution is -2.48. The first-order valence-corrected chi connectivity index (χ1v) is 11.5. The van der Waals surface area contributed by atoms with Gasteiger partial charge in [-0.25, -0.2) is 9.97 Å². The Labute approximate surface area is 181 Å². The van der Waals surface area contributed by atoms with E-state index in [4.69, 9.17) is 0 Å². The van der Waals surface area contributed by atoms with E-state index in [9.17, 15) is 10.2 Å². The van der Waals surface area contributed by atoms with Crippen LogP contribution in [0.3, 0.4) is 0 Å². The van der Waals surface area contributed by atoms with E-state index in [1.165, 1.54) is 10.4 Å². The van der Waals surface area contributed by atoms with Crippen molar-refractivity contribution in [1.82, 2.24) is 14.9 Å². The molecule has 0 radical (unpaired) electrons. The van der Waals surface area contributed by atoms with E-state index in [1.807, 2.05) is 0 Å². The van der Waals surface area contributed by atoms with Crippen LogP contribution in [-0.2, 0) is 13.0 Å². The average Bonchev–Trinajstić information content (AvgIpc) is 3.22. The van der Waals surface area contributed by atoms with Gasteiger partial charge < -0.3 is 15.1 Å². The monoisotopic (exact) mass is 426 g/mol. The second kappa shape index (κ2) is 9.83. The summed E-state index contributed by atoms with van der Waals surface area (Å²) in [6.07, 6.45) is 3.80. The van der Waals surface area contributed by atoms with Crippen LogP contribution in [0.4, 0.5) is 5.82 Å². The molecule has 0 saturated carbocycles. The van der Waals surface area contributed by atoms with Crippen molar-refractivity contribution in [3.05, 3.63) is 53.2 Å². The summed E-state index contributed by atoms with van der Waals surface area (Å²) in [6, 6.07) is 13.0. The van der Waals surface area contributed by atoms with Gasteiger partial charge in [-0.1, -0.05) is 37.3 Å². The maximum Gasteiger partial charge on any atom is 0.141 e. The van der Waals surface area contributed by atoms with Gasteiger partial charge in [-0.05, 0) is 30.9 Å². The lowest BCUT2D eigenvalue weighted by atomic mass is 10.0. The van der Waals surface area contributed by atoms with E-state index in [-0.39, 0.29) is 12.6 Å². The summed E-state index contributed by atoms with van der Waals surface area (Å²) in [5.41, 5.74) is 1.34. The molecule has 0 spiro atoms. The number of anilines is 1. The van der Waals surface area contributed by atoms with Gasteiger partial charge in [0.2, 0.25) is 0 Å². The number of piperidine rings is 1. The molecule has 2 N–H and O–H groups in total. The molecular formula is C23H30N4O2S. The molecule has 160 valence electrons. The Morgan fingerprint density at radius 3 is 2.67 bits per heavy atom. The Morgan fingerprint density at radius 1 is 1.20 bits per heavy atom. The lowest BCUT2D eigenvalue weighted by molar-refractivity contribution is 0.0953. The van der Waals surface area contributed by atoms with Crippen LogP contribution in [0, 0.1) is 0 Å². The van der Waals surface area contributed by atoms with Crippen molar-refractivity contribution >= 4 is 27.4 Å². The number of thiophene rings is 1. The predicted octanol–water partition coefficient (Wildman–Crippen LogP) is 3.08. The first-order chi connectivity index (χ1) is 14.7. The van der Waals surface area contributed by atoms with Gasteiger partial charge in [-0.15, -0.1) is 11.3 Å². The number of aryl methyl sites for hydroxylation is 1. The average molecular weight is 427 g/mol. The van der Waals surface area contributed by atoms with Gasteiger partial charge in [0.15, 0.2) is 0 Å². The second-order valence-electron chi connectivity index (χ2n) is 7.96. The Kier molecular flexibility index (Phi) is 6.94. The van der Waals surface area contributed by atoms with Gasteiger partial charge in [-0.2, -0.15) is 0 Å². The van der Waals surface area contributed by atoms with Crippen LogP contribution < -0.4 is 4.90 Å². The smallest absolute Gasteiger partial charge is 0.141 e. The van der Waals surface area contributed by atoms with Gasteiger partial charge in [0.25, 0.3) is 0 Å². The molecule has 1 aliphatic heterocycles. The summed E-state index contributed by atoms with van der Waals surface area (Å²) in [4.78, 5) is 16.0. The molecule has 0 aliphatic carbocycles. The number of hydrogen-bond donors (Lipinski definition) is 2. The summed E-state index contributed by atoms with van der Waals surface area (Å²) in [5, 5.41) is 20.8. The number of rotatable bonds is 8. The second-order valence-corrected chi connectivity index (χ2v) is 9.08. The van der Waals surface area contributed by atoms with E-state index in [2.05, 4.69) is 63.1 Å². The van der Waals surface area contributed by atoms with Crippen LogP contribution in [0.15, 0.2) is 42.7 Å². The van der Waals surface area contributed by atoms with Crippen molar-refractivity contribution < 1.29 is 10.2 Å². The van der Waals surface area contributed by atoms with Crippen molar-refractivity contribution in [1.29, 1.82) is 0 Å². The number of fused-ring (bicyclic) bond motifs is 1. The molecule has 1 aliphatic rings. The molecule has 6 nitrogen and oxygen atoms in total. The highest BCUT2D eigenvalue weighted by Gasteiger charge is 2.28. The number of nitrogens with zero attached hydrogens (tertiary/aromatic N) is 4. The van der Waals surface area contributed by atoms with E-state index < -0.39 is 6.10 Å². The Morgan fingerprint density at radius 2 is 1.97 bits per heavy atom. The van der Waals surface area contributed by atoms with Gasteiger partial charge in [0, 0.05) is 37.1 Å². The van der Waals surface area contributed by atoms with Crippen LogP contribution in [0.1, 0.15) is 30.2 Å². The van der Waals surface area contributed by atoms with E-state index >= 15 is 0 Å². The van der Waals surface area contributed by atoms with Crippen molar-refractivity contribution in [2.24, 2.45) is 0 Å². The first kappa shape index (κ1) is 21.2. The third kappa shape index (κ3) is 4.81. The fraction of sp³-hybridized carbons (Fsp3) is 0.478. The molecule has 30 heavy (non-hydrogen) atoms. The number of aromatic nitrogens is 2. The maximum absolute atomic E-state index is 10.2. The van der Waals surface area contributed by atoms with Gasteiger partial charge >= 0.3 is 0 Å². The molecule has 3 aromatic rings. The molecule has 1 fully saturated rings. The zero-order valence-corrected chi connectivity index (χ0v) is 18.3. The summed E-state index contributed by atoms with van der Waals surface area (Å²) < 4.78 is 0. The van der Waals surface area contributed by atoms with Gasteiger partial charge in [0.05, 0.1) is 18.1 Å². The fourth-order valence-corrected chi connectivity index (χ4v) is 5.15. The van der Waals surface area contributed by atoms with Crippen LogP contribution in [0.25, 0.3) is 10.2 Å². The highest BCUT2D eigenvalue weighted by Crippen LogP contribution is 2.33. The largest absolute Gasteiger partial charge is 0.394 e. The minimum atomic E-state index is -0.790. The highest BCUT2D eigenvalue weighted by atomic mass is 32.1. The fourth-order valence-electron chi connectivity index (χ4n) is 4.22. The van der Waals surface area contributed by atoms with Gasteiger partial charge in [0.1, 0.15) is 17.0 Å². The molecule has 2 aromatic heterocycles. The molecule has 1 unspecified atom stereocenters. The Bertz CT molecular complexity index is 941. The number of likely N-dealkylation sites (tertiary alicyclic amines) is 1. The molecule has 1 aromatic carbocycles. The molecule has 7 heteroatoms. The molecular weight excluding hydrogens is 396 g/mol. The van der Waals surface area contributed by atoms with Crippen molar-refractivity contribution in [2.75, 3.05) is 31.1 Å². The van der Waals surface area contributed by atoms with E-state index in [1.54, 1.807) is 17.7 Å². The molecule has 0 bridgehead atoms. The van der Waals surface area contributed by atoms with Crippen molar-refractivity contribution in [3.8, 4) is 0 Å². The quantitative estimate of drug-likeness (QED) is 0.577. The standard InChI is InChI=1S/C23H30N4O2S/c1-2-20-12-21-22(24-16-25-23(21)30-20)27(14-19(29)15-28)18-8-10-26(11-9-18)13-17-6-4-3-5-7-17/h3-7,12,16,18-19,28-29H,2,8-11,13-15H2,1H3. The maximum atomic E-state index is 10.2. The normalized spacial score (nSPS) is 16.8. The molecule has 4 rings (SSSR count). The molecule has 0 amide bonds. The van der Waals surface area contributed by atoms with E-state index in [0.29, 0.717) is 6.54 Å². The zero-order chi connectivity index (χ0) is 20.9. The SMILES string of the molecule is CCc1cc2c(N(CC(O)CO)C3CCN(Cc4ccccc4)CC3)ncnc2s1. The first-order valence-electron chi connectivity index (χ1n) is 10.7. The summed E-state index contributed by atoms with van der Waals surface area (Å²) in [6.45, 7) is 5.25. The third-order valence-corrected chi connectivity index (χ3v) is 7.03. The summed E-state index contributed by atoms with van der Waals surface area (Å²) in [7, 11) is 0. The zero-order valence-electron chi connectivity index (χ0n) is 17.4. The van der Waals surface area contributed by atoms with Crippen molar-refractivity contribution in [3.63, 3.8) is 0 Å². The van der Waals surface area contributed by atoms with E-state index in [0.717, 1.165) is 54.9 Å². The number of aliphatic hydroxyl groups excluding tert-OH is 2. The number of hydrogen-bond acceptors (Lipinski definition) is 7. The molecule has 1 saturated heterocycles. The molecule has 1 atom stereocenters. The number of benzene rings is 1. The lowest BCUT2D eigenvalue weighted by Gasteiger charge is -2.40. The van der Waals surface area contributed by atoms with Crippen LogP contribution in [-0.4, -0.2) is 63.5 Å². The van der Waals surface area contributed by atoms with Gasteiger partial charge in [-0.3, -0.25) is 4.90 Å². The Balaban J connectivity index is 1.53. The van der Waals surface area contributed by atoms with Crippen LogP contribution in [0.2, 0.25) is 0 Å². The highest BCUT2D eigenvalue weighted by molar-refractivity contribution is 7.18. The summed E-state index contributed by atoms with van der Waals surface area (Å²) in [5.74, 6) is 0.880. The summed E-state index contributed by atoms with van der Waals surface area (Å²) >= 11 is 1.70. The molecule has 3 heterocycles. The number of aliphatic hydroxyl groups is 2. The third-order valence-electron chi connectivity index (χ3n) is 5.85. The Hall–Kier alpha value is -2.06. The topological polar surface area (TPSA) is 72.7 Å². The predicted molar refractivity (Wildman–Crippen MR) is 122 cm³/mol. The minimum Gasteiger partial charge on any atom is -0.394 e. The van der Waals surface area contributed by atoms with Crippen LogP contribution in [0.5, 0.6) is 0 Å². The van der Waals surface area contributed by atoms with Crippen molar-refractivity contribution in [2.45, 2.75) is 44.9 Å². The minimum absolute atomic E-state index is 0.249. The van der Waals surface area contributed by atoms with Crippen LogP contribution >= 0.6 is 11.3 Å².